The lowest BCUT2D eigenvalue weighted by molar-refractivity contribution is -0.158. The number of carbonyl (C=O) groups excluding carboxylic acids is 3. The average Bonchev–Trinajstić information content (AvgIpc) is 3.44. The fourth-order valence-corrected chi connectivity index (χ4v) is 5.46. The third kappa shape index (κ3) is 5.36. The Morgan fingerprint density at radius 3 is 2.56 bits per heavy atom. The van der Waals surface area contributed by atoms with Gasteiger partial charge in [0.15, 0.2) is 6.61 Å². The lowest BCUT2D eigenvalue weighted by Crippen LogP contribution is -2.34. The van der Waals surface area contributed by atoms with E-state index in [0.29, 0.717) is 23.5 Å². The van der Waals surface area contributed by atoms with Crippen LogP contribution in [0.15, 0.2) is 42.5 Å². The molecule has 178 valence electrons. The molecule has 1 saturated carbocycles. The predicted octanol–water partition coefficient (Wildman–Crippen LogP) is 4.55. The van der Waals surface area contributed by atoms with E-state index in [9.17, 15) is 14.4 Å². The van der Waals surface area contributed by atoms with Gasteiger partial charge in [-0.25, -0.2) is 4.98 Å². The Balaban J connectivity index is 1.41. The first-order chi connectivity index (χ1) is 16.4. The Bertz CT molecular complexity index is 1180. The van der Waals surface area contributed by atoms with Crippen LogP contribution in [0.2, 0.25) is 0 Å². The normalized spacial score (nSPS) is 14.5. The summed E-state index contributed by atoms with van der Waals surface area (Å²) in [5.74, 6) is -0.652. The molecule has 1 fully saturated rings. The summed E-state index contributed by atoms with van der Waals surface area (Å²) in [6.45, 7) is 0.989. The van der Waals surface area contributed by atoms with Crippen molar-refractivity contribution in [3.8, 4) is 5.75 Å². The molecule has 1 aliphatic rings. The molecule has 1 aromatic heterocycles. The van der Waals surface area contributed by atoms with Crippen LogP contribution in [0, 0.1) is 5.41 Å². The molecule has 2 aromatic carbocycles. The third-order valence-electron chi connectivity index (χ3n) is 5.95. The summed E-state index contributed by atoms with van der Waals surface area (Å²) < 4.78 is 11.9. The quantitative estimate of drug-likeness (QED) is 0.457. The number of para-hydroxylation sites is 1. The zero-order valence-electron chi connectivity index (χ0n) is 19.2. The summed E-state index contributed by atoms with van der Waals surface area (Å²) in [5.41, 5.74) is 1.16. The number of nitrogens with one attached hydrogen (secondary N) is 2. The number of thiazole rings is 1. The van der Waals surface area contributed by atoms with Crippen molar-refractivity contribution in [3.05, 3.63) is 47.5 Å². The minimum atomic E-state index is -0.656. The number of nitrogens with zero attached hydrogens (tertiary/aromatic N) is 1. The number of methoxy groups -OCH3 is 1. The lowest BCUT2D eigenvalue weighted by atomic mass is 9.83. The molecule has 2 N–H and O–H groups in total. The molecule has 0 unspecified atom stereocenters. The second kappa shape index (κ2) is 10.2. The number of esters is 1. The Kier molecular flexibility index (Phi) is 7.12. The van der Waals surface area contributed by atoms with Crippen molar-refractivity contribution in [1.29, 1.82) is 0 Å². The van der Waals surface area contributed by atoms with Gasteiger partial charge in [0.05, 0.1) is 33.4 Å². The van der Waals surface area contributed by atoms with Gasteiger partial charge in [-0.1, -0.05) is 25.0 Å². The predicted molar refractivity (Wildman–Crippen MR) is 131 cm³/mol. The van der Waals surface area contributed by atoms with Crippen LogP contribution in [0.5, 0.6) is 5.75 Å². The maximum absolute atomic E-state index is 13.1. The van der Waals surface area contributed by atoms with Crippen LogP contribution in [0.3, 0.4) is 0 Å². The molecule has 1 aliphatic carbocycles. The first-order valence-electron chi connectivity index (χ1n) is 11.2. The molecular weight excluding hydrogens is 454 g/mol. The molecule has 0 bridgehead atoms. The molecule has 0 atom stereocenters. The number of hydrogen-bond donors (Lipinski definition) is 2. The molecule has 34 heavy (non-hydrogen) atoms. The topological polar surface area (TPSA) is 107 Å². The van der Waals surface area contributed by atoms with Crippen LogP contribution in [0.25, 0.3) is 10.2 Å². The van der Waals surface area contributed by atoms with Crippen LogP contribution < -0.4 is 15.4 Å². The van der Waals surface area contributed by atoms with Crippen molar-refractivity contribution in [2.24, 2.45) is 5.41 Å². The van der Waals surface area contributed by atoms with Crippen molar-refractivity contribution in [3.63, 3.8) is 0 Å². The van der Waals surface area contributed by atoms with E-state index >= 15 is 0 Å². The molecular formula is C25H27N3O5S. The summed E-state index contributed by atoms with van der Waals surface area (Å²) in [7, 11) is 1.48. The zero-order chi connectivity index (χ0) is 24.1. The molecule has 0 aliphatic heterocycles. The number of benzene rings is 2. The van der Waals surface area contributed by atoms with Crippen LogP contribution in [-0.2, 0) is 25.5 Å². The largest absolute Gasteiger partial charge is 0.495 e. The zero-order valence-corrected chi connectivity index (χ0v) is 20.0. The maximum atomic E-state index is 13.1. The summed E-state index contributed by atoms with van der Waals surface area (Å²) >= 11 is 1.59. The highest BCUT2D eigenvalue weighted by Crippen LogP contribution is 2.43. The van der Waals surface area contributed by atoms with Gasteiger partial charge < -0.3 is 20.1 Å². The van der Waals surface area contributed by atoms with Gasteiger partial charge in [0.25, 0.3) is 5.91 Å². The molecule has 8 nitrogen and oxygen atoms in total. The van der Waals surface area contributed by atoms with Crippen LogP contribution in [0.1, 0.15) is 37.6 Å². The van der Waals surface area contributed by atoms with Gasteiger partial charge in [0.2, 0.25) is 5.91 Å². The third-order valence-corrected chi connectivity index (χ3v) is 6.99. The number of hydrogen-bond acceptors (Lipinski definition) is 7. The highest BCUT2D eigenvalue weighted by Gasteiger charge is 2.43. The van der Waals surface area contributed by atoms with Crippen LogP contribution in [0.4, 0.5) is 11.4 Å². The van der Waals surface area contributed by atoms with E-state index in [4.69, 9.17) is 14.5 Å². The molecule has 2 amide bonds. The van der Waals surface area contributed by atoms with E-state index in [2.05, 4.69) is 10.6 Å². The van der Waals surface area contributed by atoms with Crippen molar-refractivity contribution in [1.82, 2.24) is 4.98 Å². The molecule has 4 rings (SSSR count). The standard InChI is InChI=1S/C25H27N3O5S/c1-16(29)26-17-9-10-20(32-2)19(13-17)27-22(30)15-33-24(31)25(11-5-6-12-25)14-23-28-18-7-3-4-8-21(18)34-23/h3-4,7-10,13H,5-6,11-12,14-15H2,1-2H3,(H,26,29)(H,27,30). The molecule has 0 radical (unpaired) electrons. The van der Waals surface area contributed by atoms with Gasteiger partial charge in [0.1, 0.15) is 5.75 Å². The lowest BCUT2D eigenvalue weighted by Gasteiger charge is -2.25. The van der Waals surface area contributed by atoms with Gasteiger partial charge in [0, 0.05) is 19.0 Å². The Hall–Kier alpha value is -3.46. The summed E-state index contributed by atoms with van der Waals surface area (Å²) in [6, 6.07) is 12.8. The van der Waals surface area contributed by atoms with E-state index in [1.807, 2.05) is 24.3 Å². The maximum Gasteiger partial charge on any atom is 0.313 e. The van der Waals surface area contributed by atoms with Gasteiger partial charge >= 0.3 is 5.97 Å². The van der Waals surface area contributed by atoms with Gasteiger partial charge in [-0.05, 0) is 43.2 Å². The second-order valence-corrected chi connectivity index (χ2v) is 9.58. The minimum Gasteiger partial charge on any atom is -0.495 e. The van der Waals surface area contributed by atoms with Gasteiger partial charge in [-0.3, -0.25) is 14.4 Å². The number of aromatic nitrogens is 1. The number of ether oxygens (including phenoxy) is 2. The van der Waals surface area contributed by atoms with E-state index < -0.39 is 17.9 Å². The van der Waals surface area contributed by atoms with Crippen molar-refractivity contribution in [2.45, 2.75) is 39.0 Å². The highest BCUT2D eigenvalue weighted by molar-refractivity contribution is 7.18. The number of amides is 2. The molecule has 3 aromatic rings. The number of rotatable bonds is 8. The van der Waals surface area contributed by atoms with E-state index in [-0.39, 0.29) is 11.9 Å². The van der Waals surface area contributed by atoms with E-state index in [1.165, 1.54) is 14.0 Å². The molecule has 9 heteroatoms. The van der Waals surface area contributed by atoms with E-state index in [0.717, 1.165) is 40.9 Å². The Morgan fingerprint density at radius 2 is 1.85 bits per heavy atom. The number of carbonyl (C=O) groups is 3. The summed E-state index contributed by atoms with van der Waals surface area (Å²) in [6.07, 6.45) is 3.84. The van der Waals surface area contributed by atoms with Crippen LogP contribution in [-0.4, -0.2) is 36.5 Å². The summed E-state index contributed by atoms with van der Waals surface area (Å²) in [5, 5.41) is 6.26. The van der Waals surface area contributed by atoms with Gasteiger partial charge in [-0.15, -0.1) is 11.3 Å². The Labute approximate surface area is 201 Å². The van der Waals surface area contributed by atoms with Gasteiger partial charge in [-0.2, -0.15) is 0 Å². The van der Waals surface area contributed by atoms with Crippen molar-refractivity contribution in [2.75, 3.05) is 24.4 Å². The molecule has 0 spiro atoms. The fourth-order valence-electron chi connectivity index (χ4n) is 4.35. The SMILES string of the molecule is COc1ccc(NC(C)=O)cc1NC(=O)COC(=O)C1(Cc2nc3ccccc3s2)CCCC1. The first kappa shape index (κ1) is 23.7. The fraction of sp³-hybridized carbons (Fsp3) is 0.360. The first-order valence-corrected chi connectivity index (χ1v) is 12.0. The monoisotopic (exact) mass is 481 g/mol. The molecule has 1 heterocycles. The highest BCUT2D eigenvalue weighted by atomic mass is 32.1. The number of anilines is 2. The van der Waals surface area contributed by atoms with E-state index in [1.54, 1.807) is 29.5 Å². The number of fused-ring (bicyclic) bond motifs is 1. The Morgan fingerprint density at radius 1 is 1.09 bits per heavy atom. The average molecular weight is 482 g/mol. The van der Waals surface area contributed by atoms with Crippen molar-refractivity contribution >= 4 is 50.7 Å². The summed E-state index contributed by atoms with van der Waals surface area (Å²) in [4.78, 5) is 41.7. The minimum absolute atomic E-state index is 0.230. The van der Waals surface area contributed by atoms with Crippen LogP contribution >= 0.6 is 11.3 Å². The second-order valence-electron chi connectivity index (χ2n) is 8.46. The van der Waals surface area contributed by atoms with Crippen molar-refractivity contribution < 1.29 is 23.9 Å². The molecule has 0 saturated heterocycles. The smallest absolute Gasteiger partial charge is 0.313 e.